The third-order valence-corrected chi connectivity index (χ3v) is 5.61. The van der Waals surface area contributed by atoms with E-state index in [2.05, 4.69) is 30.2 Å². The van der Waals surface area contributed by atoms with Gasteiger partial charge in [-0.1, -0.05) is 35.3 Å². The third kappa shape index (κ3) is 3.26. The first-order valence-corrected chi connectivity index (χ1v) is 10.3. The standard InChI is InChI=1S/C21H14Cl2FN7O/c1-10(29-19-16-18(26-8-25-16)27-9-28-19)20-30-14-7-3-6-13(24)15(14)21(32)31(20)17-11(22)4-2-5-12(17)23/h2-10H,1H3,(H2,25,26,27,28,29)/t10-/m0/s1. The molecular weight excluding hydrogens is 456 g/mol. The number of hydrogen-bond donors (Lipinski definition) is 2. The minimum Gasteiger partial charge on any atom is -0.358 e. The number of nitrogens with zero attached hydrogens (tertiary/aromatic N) is 5. The first kappa shape index (κ1) is 20.3. The van der Waals surface area contributed by atoms with Gasteiger partial charge in [0.2, 0.25) is 0 Å². The van der Waals surface area contributed by atoms with Gasteiger partial charge in [0.25, 0.3) is 5.56 Å². The van der Waals surface area contributed by atoms with E-state index in [9.17, 15) is 9.18 Å². The second-order valence-corrected chi connectivity index (χ2v) is 7.82. The molecule has 32 heavy (non-hydrogen) atoms. The number of halogens is 3. The Hall–Kier alpha value is -3.56. The van der Waals surface area contributed by atoms with Gasteiger partial charge in [-0.3, -0.25) is 9.36 Å². The fraction of sp³-hybridized carbons (Fsp3) is 0.0952. The van der Waals surface area contributed by atoms with E-state index >= 15 is 0 Å². The van der Waals surface area contributed by atoms with Crippen molar-refractivity contribution in [3.05, 3.63) is 81.1 Å². The fourth-order valence-corrected chi connectivity index (χ4v) is 4.13. The molecule has 2 aromatic carbocycles. The van der Waals surface area contributed by atoms with Gasteiger partial charge in [0.15, 0.2) is 11.5 Å². The van der Waals surface area contributed by atoms with Crippen LogP contribution in [0.4, 0.5) is 10.2 Å². The summed E-state index contributed by atoms with van der Waals surface area (Å²) >= 11 is 12.8. The topological polar surface area (TPSA) is 101 Å². The van der Waals surface area contributed by atoms with Crippen molar-refractivity contribution in [3.8, 4) is 5.69 Å². The maximum Gasteiger partial charge on any atom is 0.269 e. The molecule has 0 aliphatic rings. The molecule has 0 fully saturated rings. The molecule has 0 amide bonds. The molecule has 0 spiro atoms. The highest BCUT2D eigenvalue weighted by atomic mass is 35.5. The van der Waals surface area contributed by atoms with Gasteiger partial charge in [-0.2, -0.15) is 0 Å². The maximum atomic E-state index is 14.6. The Bertz CT molecular complexity index is 1530. The third-order valence-electron chi connectivity index (χ3n) is 5.00. The molecule has 1 atom stereocenters. The Labute approximate surface area is 190 Å². The van der Waals surface area contributed by atoms with E-state index in [4.69, 9.17) is 23.2 Å². The summed E-state index contributed by atoms with van der Waals surface area (Å²) in [5, 5.41) is 3.51. The lowest BCUT2D eigenvalue weighted by Gasteiger charge is -2.21. The van der Waals surface area contributed by atoms with Crippen LogP contribution in [-0.2, 0) is 0 Å². The first-order valence-electron chi connectivity index (χ1n) is 9.52. The molecule has 0 saturated heterocycles. The van der Waals surface area contributed by atoms with E-state index in [0.29, 0.717) is 17.0 Å². The van der Waals surface area contributed by atoms with Crippen molar-refractivity contribution in [3.63, 3.8) is 0 Å². The summed E-state index contributed by atoms with van der Waals surface area (Å²) in [6.07, 6.45) is 2.88. The zero-order valence-electron chi connectivity index (χ0n) is 16.5. The molecule has 8 nitrogen and oxygen atoms in total. The second kappa shape index (κ2) is 7.85. The minimum absolute atomic E-state index is 0.155. The van der Waals surface area contributed by atoms with E-state index in [1.54, 1.807) is 31.2 Å². The number of hydrogen-bond acceptors (Lipinski definition) is 6. The SMILES string of the molecule is C[C@H](Nc1ncnc2nc[nH]c12)c1nc2cccc(F)c2c(=O)n1-c1c(Cl)cccc1Cl. The van der Waals surface area contributed by atoms with Crippen molar-refractivity contribution < 1.29 is 4.39 Å². The summed E-state index contributed by atoms with van der Waals surface area (Å²) in [5.41, 5.74) is 0.885. The minimum atomic E-state index is -0.681. The first-order chi connectivity index (χ1) is 15.5. The number of anilines is 1. The number of fused-ring (bicyclic) bond motifs is 2. The second-order valence-electron chi connectivity index (χ2n) is 7.00. The quantitative estimate of drug-likeness (QED) is 0.396. The van der Waals surface area contributed by atoms with Crippen LogP contribution in [0.3, 0.4) is 0 Å². The fourth-order valence-electron chi connectivity index (χ4n) is 3.56. The zero-order valence-corrected chi connectivity index (χ0v) is 18.0. The van der Waals surface area contributed by atoms with Crippen LogP contribution >= 0.6 is 23.2 Å². The average Bonchev–Trinajstić information content (AvgIpc) is 3.24. The molecule has 0 radical (unpaired) electrons. The lowest BCUT2D eigenvalue weighted by Crippen LogP contribution is -2.28. The highest BCUT2D eigenvalue weighted by Gasteiger charge is 2.23. The maximum absolute atomic E-state index is 14.6. The Morgan fingerprint density at radius 3 is 2.62 bits per heavy atom. The summed E-state index contributed by atoms with van der Waals surface area (Å²) in [6.45, 7) is 1.79. The predicted octanol–water partition coefficient (Wildman–Crippen LogP) is 4.67. The van der Waals surface area contributed by atoms with Crippen molar-refractivity contribution in [2.75, 3.05) is 5.32 Å². The van der Waals surface area contributed by atoms with Crippen LogP contribution < -0.4 is 10.9 Å². The molecule has 160 valence electrons. The van der Waals surface area contributed by atoms with E-state index in [1.165, 1.54) is 29.4 Å². The number of aromatic amines is 1. The van der Waals surface area contributed by atoms with Crippen LogP contribution in [0, 0.1) is 5.82 Å². The van der Waals surface area contributed by atoms with Crippen LogP contribution in [0.2, 0.25) is 10.0 Å². The number of H-pyrrole nitrogens is 1. The van der Waals surface area contributed by atoms with Gasteiger partial charge in [0.05, 0.1) is 33.6 Å². The van der Waals surface area contributed by atoms with Crippen molar-refractivity contribution in [1.29, 1.82) is 0 Å². The van der Waals surface area contributed by atoms with Gasteiger partial charge in [0.1, 0.15) is 28.9 Å². The van der Waals surface area contributed by atoms with Crippen LogP contribution in [0.1, 0.15) is 18.8 Å². The van der Waals surface area contributed by atoms with E-state index in [1.807, 2.05) is 0 Å². The number of nitrogens with one attached hydrogen (secondary N) is 2. The van der Waals surface area contributed by atoms with Crippen molar-refractivity contribution in [2.24, 2.45) is 0 Å². The molecule has 3 heterocycles. The van der Waals surface area contributed by atoms with Crippen LogP contribution in [0.25, 0.3) is 27.8 Å². The average molecular weight is 470 g/mol. The van der Waals surface area contributed by atoms with Gasteiger partial charge >= 0.3 is 0 Å². The smallest absolute Gasteiger partial charge is 0.269 e. The highest BCUT2D eigenvalue weighted by molar-refractivity contribution is 6.37. The number of para-hydroxylation sites is 1. The van der Waals surface area contributed by atoms with Gasteiger partial charge in [0, 0.05) is 0 Å². The Balaban J connectivity index is 1.76. The summed E-state index contributed by atoms with van der Waals surface area (Å²) in [4.78, 5) is 33.5. The molecule has 0 aliphatic carbocycles. The Kier molecular flexibility index (Phi) is 4.99. The van der Waals surface area contributed by atoms with Crippen LogP contribution in [-0.4, -0.2) is 29.5 Å². The van der Waals surface area contributed by atoms with Gasteiger partial charge < -0.3 is 10.3 Å². The van der Waals surface area contributed by atoms with Gasteiger partial charge in [-0.05, 0) is 31.2 Å². The lowest BCUT2D eigenvalue weighted by molar-refractivity contribution is 0.635. The molecule has 0 aliphatic heterocycles. The molecule has 0 unspecified atom stereocenters. The highest BCUT2D eigenvalue weighted by Crippen LogP contribution is 2.31. The lowest BCUT2D eigenvalue weighted by atomic mass is 10.2. The molecule has 0 saturated carbocycles. The summed E-state index contributed by atoms with van der Waals surface area (Å²) in [5.74, 6) is 0.0545. The monoisotopic (exact) mass is 469 g/mol. The van der Waals surface area contributed by atoms with Crippen molar-refractivity contribution >= 4 is 51.1 Å². The number of aromatic nitrogens is 6. The number of imidazole rings is 1. The molecule has 3 aromatic heterocycles. The predicted molar refractivity (Wildman–Crippen MR) is 121 cm³/mol. The van der Waals surface area contributed by atoms with E-state index in [-0.39, 0.29) is 32.5 Å². The van der Waals surface area contributed by atoms with Gasteiger partial charge in [-0.25, -0.2) is 24.3 Å². The van der Waals surface area contributed by atoms with Crippen LogP contribution in [0.5, 0.6) is 0 Å². The Morgan fingerprint density at radius 2 is 1.84 bits per heavy atom. The molecule has 0 bridgehead atoms. The van der Waals surface area contributed by atoms with Crippen LogP contribution in [0.15, 0.2) is 53.8 Å². The molecule has 5 aromatic rings. The zero-order chi connectivity index (χ0) is 22.4. The summed E-state index contributed by atoms with van der Waals surface area (Å²) in [7, 11) is 0. The molecular formula is C21H14Cl2FN7O. The van der Waals surface area contributed by atoms with Crippen molar-refractivity contribution in [1.82, 2.24) is 29.5 Å². The van der Waals surface area contributed by atoms with E-state index < -0.39 is 17.4 Å². The Morgan fingerprint density at radius 1 is 1.09 bits per heavy atom. The normalized spacial score (nSPS) is 12.4. The number of rotatable bonds is 4. The largest absolute Gasteiger partial charge is 0.358 e. The number of benzene rings is 2. The van der Waals surface area contributed by atoms with E-state index in [0.717, 1.165) is 0 Å². The molecule has 2 N–H and O–H groups in total. The molecule has 11 heteroatoms. The summed E-state index contributed by atoms with van der Waals surface area (Å²) in [6, 6.07) is 8.57. The van der Waals surface area contributed by atoms with Crippen molar-refractivity contribution in [2.45, 2.75) is 13.0 Å². The summed E-state index contributed by atoms with van der Waals surface area (Å²) < 4.78 is 15.8. The van der Waals surface area contributed by atoms with Gasteiger partial charge in [-0.15, -0.1) is 0 Å². The molecule has 5 rings (SSSR count).